The Labute approximate surface area is 117 Å². The molecule has 0 bridgehead atoms. The number of hydrogen-bond donors (Lipinski definition) is 0. The third-order valence-corrected chi connectivity index (χ3v) is 4.54. The Bertz CT molecular complexity index is 502. The second kappa shape index (κ2) is 6.54. The highest BCUT2D eigenvalue weighted by atomic mass is 79.9. The van der Waals surface area contributed by atoms with Gasteiger partial charge in [-0.2, -0.15) is 0 Å². The van der Waals surface area contributed by atoms with Gasteiger partial charge in [-0.05, 0) is 30.5 Å². The molecule has 6 heteroatoms. The lowest BCUT2D eigenvalue weighted by atomic mass is 10.1. The average Bonchev–Trinajstić information content (AvgIpc) is 2.29. The minimum atomic E-state index is -3.09. The Morgan fingerprint density at radius 3 is 2.61 bits per heavy atom. The van der Waals surface area contributed by atoms with E-state index in [1.165, 1.54) is 10.6 Å². The summed E-state index contributed by atoms with van der Waals surface area (Å²) >= 11 is 3.39. The molecule has 0 radical (unpaired) electrons. The number of ether oxygens (including phenoxy) is 1. The molecule has 0 aromatic heterocycles. The van der Waals surface area contributed by atoms with Crippen LogP contribution in [0.15, 0.2) is 22.7 Å². The summed E-state index contributed by atoms with van der Waals surface area (Å²) in [7, 11) is 0.139. The SMILES string of the molecule is COc1cc(Br)ccc1CCCN(C)S(C)(=O)=O. The van der Waals surface area contributed by atoms with Crippen LogP contribution in [0.4, 0.5) is 0 Å². The zero-order valence-electron chi connectivity index (χ0n) is 10.8. The van der Waals surface area contributed by atoms with Crippen LogP contribution in [-0.4, -0.2) is 39.7 Å². The Hall–Kier alpha value is -0.590. The maximum absolute atomic E-state index is 11.2. The highest BCUT2D eigenvalue weighted by Gasteiger charge is 2.10. The zero-order chi connectivity index (χ0) is 13.8. The van der Waals surface area contributed by atoms with Gasteiger partial charge in [-0.3, -0.25) is 0 Å². The summed E-state index contributed by atoms with van der Waals surface area (Å²) in [5.41, 5.74) is 1.09. The van der Waals surface area contributed by atoms with Crippen LogP contribution >= 0.6 is 15.9 Å². The Morgan fingerprint density at radius 1 is 1.39 bits per heavy atom. The van der Waals surface area contributed by atoms with Crippen molar-refractivity contribution in [3.05, 3.63) is 28.2 Å². The van der Waals surface area contributed by atoms with Crippen LogP contribution < -0.4 is 4.74 Å². The molecule has 0 aliphatic rings. The summed E-state index contributed by atoms with van der Waals surface area (Å²) in [5.74, 6) is 0.825. The van der Waals surface area contributed by atoms with Gasteiger partial charge in [-0.25, -0.2) is 12.7 Å². The molecular weight excluding hydrogens is 318 g/mol. The molecule has 4 nitrogen and oxygen atoms in total. The number of sulfonamides is 1. The second-order valence-electron chi connectivity index (χ2n) is 4.14. The quantitative estimate of drug-likeness (QED) is 0.801. The van der Waals surface area contributed by atoms with Gasteiger partial charge in [0.05, 0.1) is 13.4 Å². The van der Waals surface area contributed by atoms with Crippen LogP contribution in [0.3, 0.4) is 0 Å². The molecule has 1 aromatic carbocycles. The fraction of sp³-hybridized carbons (Fsp3) is 0.500. The number of methoxy groups -OCH3 is 1. The van der Waals surface area contributed by atoms with E-state index in [1.54, 1.807) is 14.2 Å². The summed E-state index contributed by atoms with van der Waals surface area (Å²) in [6, 6.07) is 5.86. The van der Waals surface area contributed by atoms with Crippen molar-refractivity contribution < 1.29 is 13.2 Å². The first-order chi connectivity index (χ1) is 8.34. The van der Waals surface area contributed by atoms with Gasteiger partial charge in [0.2, 0.25) is 10.0 Å². The molecular formula is C12H18BrNO3S. The summed E-state index contributed by atoms with van der Waals surface area (Å²) in [6.07, 6.45) is 2.77. The molecule has 0 N–H and O–H groups in total. The molecule has 0 aliphatic carbocycles. The first kappa shape index (κ1) is 15.5. The molecule has 18 heavy (non-hydrogen) atoms. The molecule has 0 saturated heterocycles. The minimum absolute atomic E-state index is 0.512. The lowest BCUT2D eigenvalue weighted by Gasteiger charge is -2.14. The highest BCUT2D eigenvalue weighted by molar-refractivity contribution is 9.10. The first-order valence-corrected chi connectivity index (χ1v) is 8.22. The average molecular weight is 336 g/mol. The highest BCUT2D eigenvalue weighted by Crippen LogP contribution is 2.24. The summed E-state index contributed by atoms with van der Waals surface area (Å²) < 4.78 is 30.1. The molecule has 1 aromatic rings. The largest absolute Gasteiger partial charge is 0.496 e. The van der Waals surface area contributed by atoms with E-state index in [9.17, 15) is 8.42 Å². The summed E-state index contributed by atoms with van der Waals surface area (Å²) in [5, 5.41) is 0. The number of rotatable bonds is 6. The monoisotopic (exact) mass is 335 g/mol. The lowest BCUT2D eigenvalue weighted by molar-refractivity contribution is 0.407. The smallest absolute Gasteiger partial charge is 0.210 e. The first-order valence-electron chi connectivity index (χ1n) is 5.58. The molecule has 0 aliphatic heterocycles. The molecule has 102 valence electrons. The van der Waals surface area contributed by atoms with Gasteiger partial charge < -0.3 is 4.74 Å². The predicted octanol–water partition coefficient (Wildman–Crippen LogP) is 2.28. The van der Waals surface area contributed by atoms with Gasteiger partial charge in [-0.1, -0.05) is 22.0 Å². The Balaban J connectivity index is 2.59. The van der Waals surface area contributed by atoms with Gasteiger partial charge in [0.15, 0.2) is 0 Å². The molecule has 0 atom stereocenters. The number of hydrogen-bond acceptors (Lipinski definition) is 3. The molecule has 1 rings (SSSR count). The van der Waals surface area contributed by atoms with E-state index in [1.807, 2.05) is 18.2 Å². The van der Waals surface area contributed by atoms with Crippen molar-refractivity contribution in [3.63, 3.8) is 0 Å². The van der Waals surface area contributed by atoms with Crippen LogP contribution in [-0.2, 0) is 16.4 Å². The van der Waals surface area contributed by atoms with Crippen molar-refractivity contribution in [1.29, 1.82) is 0 Å². The van der Waals surface area contributed by atoms with E-state index < -0.39 is 10.0 Å². The standard InChI is InChI=1S/C12H18BrNO3S/c1-14(18(3,15)16)8-4-5-10-6-7-11(13)9-12(10)17-2/h6-7,9H,4-5,8H2,1-3H3. The van der Waals surface area contributed by atoms with Gasteiger partial charge >= 0.3 is 0 Å². The topological polar surface area (TPSA) is 46.6 Å². The van der Waals surface area contributed by atoms with Crippen LogP contribution in [0.25, 0.3) is 0 Å². The van der Waals surface area contributed by atoms with Crippen molar-refractivity contribution in [1.82, 2.24) is 4.31 Å². The second-order valence-corrected chi connectivity index (χ2v) is 7.15. The van der Waals surface area contributed by atoms with Crippen LogP contribution in [0, 0.1) is 0 Å². The van der Waals surface area contributed by atoms with Gasteiger partial charge in [0.1, 0.15) is 5.75 Å². The van der Waals surface area contributed by atoms with E-state index in [0.29, 0.717) is 6.54 Å². The van der Waals surface area contributed by atoms with Gasteiger partial charge in [0.25, 0.3) is 0 Å². The van der Waals surface area contributed by atoms with Gasteiger partial charge in [0, 0.05) is 18.1 Å². The van der Waals surface area contributed by atoms with Crippen molar-refractivity contribution in [2.24, 2.45) is 0 Å². The normalized spacial score (nSPS) is 11.8. The van der Waals surface area contributed by atoms with Crippen molar-refractivity contribution in [3.8, 4) is 5.75 Å². The number of halogens is 1. The van der Waals surface area contributed by atoms with E-state index in [4.69, 9.17) is 4.74 Å². The molecule has 0 spiro atoms. The Kier molecular flexibility index (Phi) is 5.62. The maximum Gasteiger partial charge on any atom is 0.210 e. The van der Waals surface area contributed by atoms with E-state index in [0.717, 1.165) is 28.6 Å². The third kappa shape index (κ3) is 4.59. The van der Waals surface area contributed by atoms with Crippen LogP contribution in [0.5, 0.6) is 5.75 Å². The summed E-state index contributed by atoms with van der Waals surface area (Å²) in [6.45, 7) is 0.512. The number of nitrogens with zero attached hydrogens (tertiary/aromatic N) is 1. The molecule has 0 heterocycles. The maximum atomic E-state index is 11.2. The third-order valence-electron chi connectivity index (χ3n) is 2.73. The van der Waals surface area contributed by atoms with Crippen molar-refractivity contribution >= 4 is 26.0 Å². The number of aryl methyl sites for hydroxylation is 1. The predicted molar refractivity (Wildman–Crippen MR) is 76.5 cm³/mol. The van der Waals surface area contributed by atoms with E-state index in [-0.39, 0.29) is 0 Å². The molecule has 0 amide bonds. The van der Waals surface area contributed by atoms with Crippen LogP contribution in [0.2, 0.25) is 0 Å². The van der Waals surface area contributed by atoms with Crippen molar-refractivity contribution in [2.45, 2.75) is 12.8 Å². The molecule has 0 fully saturated rings. The van der Waals surface area contributed by atoms with E-state index >= 15 is 0 Å². The van der Waals surface area contributed by atoms with Crippen LogP contribution in [0.1, 0.15) is 12.0 Å². The minimum Gasteiger partial charge on any atom is -0.496 e. The van der Waals surface area contributed by atoms with Crippen molar-refractivity contribution in [2.75, 3.05) is 27.0 Å². The Morgan fingerprint density at radius 2 is 2.06 bits per heavy atom. The van der Waals surface area contributed by atoms with E-state index in [2.05, 4.69) is 15.9 Å². The van der Waals surface area contributed by atoms with Gasteiger partial charge in [-0.15, -0.1) is 0 Å². The number of benzene rings is 1. The molecule has 0 saturated carbocycles. The fourth-order valence-corrected chi connectivity index (χ4v) is 2.38. The fourth-order valence-electron chi connectivity index (χ4n) is 1.58. The lowest BCUT2D eigenvalue weighted by Crippen LogP contribution is -2.26. The zero-order valence-corrected chi connectivity index (χ0v) is 13.2. The summed E-state index contributed by atoms with van der Waals surface area (Å²) in [4.78, 5) is 0. The molecule has 0 unspecified atom stereocenters.